The number of rotatable bonds is 4. The van der Waals surface area contributed by atoms with Gasteiger partial charge in [0.25, 0.3) is 11.1 Å². The van der Waals surface area contributed by atoms with Crippen LogP contribution in [0.3, 0.4) is 0 Å². The topological polar surface area (TPSA) is 104 Å². The summed E-state index contributed by atoms with van der Waals surface area (Å²) in [4.78, 5) is 44.4. The molecule has 8 nitrogen and oxygen atoms in total. The van der Waals surface area contributed by atoms with Crippen LogP contribution in [0.25, 0.3) is 6.08 Å². The van der Waals surface area contributed by atoms with E-state index in [0.29, 0.717) is 37.6 Å². The molecule has 1 aromatic rings. The first-order chi connectivity index (χ1) is 13.2. The third kappa shape index (κ3) is 5.00. The van der Waals surface area contributed by atoms with Gasteiger partial charge in [0.2, 0.25) is 5.95 Å². The number of piperidine rings is 1. The monoisotopic (exact) mass is 415 g/mol. The third-order valence-electron chi connectivity index (χ3n) is 4.29. The SMILES string of the molecule is O=C1NC(=O)C(=Cc2ccnc(N3CCC(CNC(=O)C(F)(F)F)CC3)n2)S1. The van der Waals surface area contributed by atoms with Crippen molar-refractivity contribution in [1.29, 1.82) is 0 Å². The molecule has 0 saturated carbocycles. The first-order valence-electron chi connectivity index (χ1n) is 8.40. The maximum atomic E-state index is 12.2. The predicted octanol–water partition coefficient (Wildman–Crippen LogP) is 1.70. The molecular weight excluding hydrogens is 399 g/mol. The van der Waals surface area contributed by atoms with Crippen LogP contribution >= 0.6 is 11.8 Å². The number of amides is 3. The molecule has 150 valence electrons. The van der Waals surface area contributed by atoms with Crippen LogP contribution in [0.1, 0.15) is 18.5 Å². The van der Waals surface area contributed by atoms with E-state index in [0.717, 1.165) is 11.8 Å². The van der Waals surface area contributed by atoms with Gasteiger partial charge >= 0.3 is 12.1 Å². The van der Waals surface area contributed by atoms with Crippen molar-refractivity contribution in [2.24, 2.45) is 5.92 Å². The number of carbonyl (C=O) groups excluding carboxylic acids is 3. The van der Waals surface area contributed by atoms with Gasteiger partial charge in [-0.15, -0.1) is 0 Å². The normalized spacial score (nSPS) is 19.8. The van der Waals surface area contributed by atoms with Crippen LogP contribution in [0, 0.1) is 5.92 Å². The van der Waals surface area contributed by atoms with E-state index in [4.69, 9.17) is 0 Å². The molecule has 0 bridgehead atoms. The number of imide groups is 1. The molecule has 28 heavy (non-hydrogen) atoms. The number of alkyl halides is 3. The van der Waals surface area contributed by atoms with Crippen molar-refractivity contribution in [3.8, 4) is 0 Å². The van der Waals surface area contributed by atoms with Gasteiger partial charge in [-0.1, -0.05) is 0 Å². The summed E-state index contributed by atoms with van der Waals surface area (Å²) in [6.07, 6.45) is -0.680. The number of thioether (sulfide) groups is 1. The molecule has 3 heterocycles. The first kappa shape index (κ1) is 20.1. The van der Waals surface area contributed by atoms with Crippen LogP contribution < -0.4 is 15.5 Å². The predicted molar refractivity (Wildman–Crippen MR) is 95.1 cm³/mol. The molecule has 2 fully saturated rings. The number of hydrogen-bond donors (Lipinski definition) is 2. The maximum Gasteiger partial charge on any atom is 0.471 e. The molecule has 2 saturated heterocycles. The number of hydrogen-bond acceptors (Lipinski definition) is 7. The van der Waals surface area contributed by atoms with Crippen molar-refractivity contribution < 1.29 is 27.6 Å². The van der Waals surface area contributed by atoms with Gasteiger partial charge in [0.05, 0.1) is 10.6 Å². The van der Waals surface area contributed by atoms with Crippen molar-refractivity contribution in [2.75, 3.05) is 24.5 Å². The van der Waals surface area contributed by atoms with Gasteiger partial charge in [0.15, 0.2) is 0 Å². The molecule has 0 aliphatic carbocycles. The van der Waals surface area contributed by atoms with Crippen LogP contribution in [-0.2, 0) is 9.59 Å². The van der Waals surface area contributed by atoms with E-state index in [1.807, 2.05) is 10.2 Å². The lowest BCUT2D eigenvalue weighted by Gasteiger charge is -2.32. The van der Waals surface area contributed by atoms with Gasteiger partial charge in [0, 0.05) is 25.8 Å². The zero-order chi connectivity index (χ0) is 20.3. The van der Waals surface area contributed by atoms with E-state index >= 15 is 0 Å². The molecule has 3 rings (SSSR count). The molecule has 2 aliphatic heterocycles. The number of carbonyl (C=O) groups is 3. The fourth-order valence-corrected chi connectivity index (χ4v) is 3.49. The maximum absolute atomic E-state index is 12.2. The van der Waals surface area contributed by atoms with Crippen molar-refractivity contribution in [2.45, 2.75) is 19.0 Å². The zero-order valence-corrected chi connectivity index (χ0v) is 15.3. The van der Waals surface area contributed by atoms with Gasteiger partial charge in [-0.05, 0) is 42.7 Å². The summed E-state index contributed by atoms with van der Waals surface area (Å²) in [5, 5.41) is 3.64. The molecule has 3 amide bonds. The summed E-state index contributed by atoms with van der Waals surface area (Å²) in [5.74, 6) is -2.03. The Labute approximate surface area is 162 Å². The third-order valence-corrected chi connectivity index (χ3v) is 5.10. The number of nitrogens with one attached hydrogen (secondary N) is 2. The quantitative estimate of drug-likeness (QED) is 0.722. The molecule has 2 N–H and O–H groups in total. The lowest BCUT2D eigenvalue weighted by Crippen LogP contribution is -2.43. The fourth-order valence-electron chi connectivity index (χ4n) is 2.82. The van der Waals surface area contributed by atoms with Gasteiger partial charge in [0.1, 0.15) is 0 Å². The molecule has 0 atom stereocenters. The van der Waals surface area contributed by atoms with Crippen molar-refractivity contribution in [3.05, 3.63) is 22.9 Å². The molecular formula is C16H16F3N5O3S. The number of anilines is 1. The van der Waals surface area contributed by atoms with Crippen molar-refractivity contribution in [1.82, 2.24) is 20.6 Å². The number of nitrogens with zero attached hydrogens (tertiary/aromatic N) is 3. The van der Waals surface area contributed by atoms with Crippen LogP contribution in [-0.4, -0.2) is 52.8 Å². The van der Waals surface area contributed by atoms with Crippen LogP contribution in [0.5, 0.6) is 0 Å². The Morgan fingerprint density at radius 1 is 1.36 bits per heavy atom. The summed E-state index contributed by atoms with van der Waals surface area (Å²) < 4.78 is 36.7. The van der Waals surface area contributed by atoms with E-state index < -0.39 is 23.2 Å². The molecule has 1 aromatic heterocycles. The summed E-state index contributed by atoms with van der Waals surface area (Å²) >= 11 is 0.793. The van der Waals surface area contributed by atoms with E-state index in [1.54, 1.807) is 6.07 Å². The highest BCUT2D eigenvalue weighted by atomic mass is 32.2. The standard InChI is InChI=1S/C16H16F3N5O3S/c17-16(18,19)13(26)21-8-9-2-5-24(6-3-9)14-20-4-1-10(22-14)7-11-12(25)23-15(27)28-11/h1,4,7,9H,2-3,5-6,8H2,(H,21,26)(H,23,25,27). The average molecular weight is 415 g/mol. The minimum Gasteiger partial charge on any atom is -0.348 e. The van der Waals surface area contributed by atoms with E-state index in [2.05, 4.69) is 15.3 Å². The largest absolute Gasteiger partial charge is 0.471 e. The minimum absolute atomic E-state index is 0.0282. The minimum atomic E-state index is -4.87. The second kappa shape index (κ2) is 8.17. The summed E-state index contributed by atoms with van der Waals surface area (Å²) in [7, 11) is 0. The van der Waals surface area contributed by atoms with Gasteiger partial charge in [-0.25, -0.2) is 9.97 Å². The van der Waals surface area contributed by atoms with E-state index in [9.17, 15) is 27.6 Å². The fraction of sp³-hybridized carbons (Fsp3) is 0.438. The summed E-state index contributed by atoms with van der Waals surface area (Å²) in [6, 6.07) is 1.60. The average Bonchev–Trinajstić information content (AvgIpc) is 2.96. The van der Waals surface area contributed by atoms with Gasteiger partial charge < -0.3 is 10.2 Å². The first-order valence-corrected chi connectivity index (χ1v) is 9.22. The smallest absolute Gasteiger partial charge is 0.348 e. The van der Waals surface area contributed by atoms with Crippen molar-refractivity contribution in [3.63, 3.8) is 0 Å². The Morgan fingerprint density at radius 3 is 2.68 bits per heavy atom. The van der Waals surface area contributed by atoms with Crippen LogP contribution in [0.4, 0.5) is 23.9 Å². The second-order valence-corrected chi connectivity index (χ2v) is 7.29. The highest BCUT2D eigenvalue weighted by Gasteiger charge is 2.38. The molecule has 12 heteroatoms. The summed E-state index contributed by atoms with van der Waals surface area (Å²) in [6.45, 7) is 1.03. The molecule has 0 radical (unpaired) electrons. The Balaban J connectivity index is 1.56. The Morgan fingerprint density at radius 2 is 2.07 bits per heavy atom. The Kier molecular flexibility index (Phi) is 5.87. The molecule has 2 aliphatic rings. The summed E-state index contributed by atoms with van der Waals surface area (Å²) in [5.41, 5.74) is 0.469. The Bertz CT molecular complexity index is 822. The van der Waals surface area contributed by atoms with E-state index in [1.165, 1.54) is 12.3 Å². The molecule has 0 unspecified atom stereocenters. The van der Waals surface area contributed by atoms with Crippen LogP contribution in [0.2, 0.25) is 0 Å². The molecule has 0 aromatic carbocycles. The Hall–Kier alpha value is -2.63. The van der Waals surface area contributed by atoms with Crippen LogP contribution in [0.15, 0.2) is 17.2 Å². The van der Waals surface area contributed by atoms with Crippen molar-refractivity contribution >= 4 is 40.8 Å². The van der Waals surface area contributed by atoms with Gasteiger partial charge in [-0.3, -0.25) is 19.7 Å². The van der Waals surface area contributed by atoms with E-state index in [-0.39, 0.29) is 17.4 Å². The van der Waals surface area contributed by atoms with Gasteiger partial charge in [-0.2, -0.15) is 13.2 Å². The lowest BCUT2D eigenvalue weighted by molar-refractivity contribution is -0.173. The lowest BCUT2D eigenvalue weighted by atomic mass is 9.97. The second-order valence-electron chi connectivity index (χ2n) is 6.27. The molecule has 0 spiro atoms. The number of halogens is 3. The zero-order valence-electron chi connectivity index (χ0n) is 14.5. The highest BCUT2D eigenvalue weighted by molar-refractivity contribution is 8.18. The highest BCUT2D eigenvalue weighted by Crippen LogP contribution is 2.26. The number of aromatic nitrogens is 2.